The van der Waals surface area contributed by atoms with E-state index in [2.05, 4.69) is 10.3 Å². The topological polar surface area (TPSA) is 62.3 Å². The van der Waals surface area contributed by atoms with E-state index < -0.39 is 21.5 Å². The highest BCUT2D eigenvalue weighted by Gasteiger charge is 2.16. The zero-order chi connectivity index (χ0) is 14.6. The second kappa shape index (κ2) is 6.14. The highest BCUT2D eigenvalue weighted by atomic mass is 32.2. The highest BCUT2D eigenvalue weighted by molar-refractivity contribution is 7.90. The Hall–Kier alpha value is -1.44. The summed E-state index contributed by atoms with van der Waals surface area (Å²) in [6.45, 7) is 2.29. The zero-order valence-electron chi connectivity index (χ0n) is 11.1. The molecule has 0 aliphatic heterocycles. The predicted octanol–water partition coefficient (Wildman–Crippen LogP) is 1.27. The molecule has 0 aromatic carbocycles. The summed E-state index contributed by atoms with van der Waals surface area (Å²) >= 11 is 0. The van der Waals surface area contributed by atoms with Gasteiger partial charge in [-0.3, -0.25) is 0 Å². The van der Waals surface area contributed by atoms with Crippen LogP contribution < -0.4 is 10.2 Å². The molecule has 1 N–H and O–H groups in total. The smallest absolute Gasteiger partial charge is 0.168 e. The summed E-state index contributed by atoms with van der Waals surface area (Å²) in [7, 11) is -1.65. The Balaban J connectivity index is 2.95. The predicted molar refractivity (Wildman–Crippen MR) is 71.3 cm³/mol. The lowest BCUT2D eigenvalue weighted by Crippen LogP contribution is -2.27. The van der Waals surface area contributed by atoms with Gasteiger partial charge in [-0.25, -0.2) is 22.2 Å². The number of aromatic nitrogens is 1. The van der Waals surface area contributed by atoms with E-state index in [0.717, 1.165) is 12.3 Å². The minimum Gasteiger partial charge on any atom is -0.368 e. The third-order valence-electron chi connectivity index (χ3n) is 2.41. The number of hydrogen-bond acceptors (Lipinski definition) is 5. The molecule has 1 aromatic rings. The molecular formula is C11H17F2N3O2S. The second-order valence-electron chi connectivity index (χ2n) is 4.21. The minimum atomic E-state index is -3.15. The fourth-order valence-corrected chi connectivity index (χ4v) is 2.03. The lowest BCUT2D eigenvalue weighted by Gasteiger charge is -2.19. The number of nitrogens with one attached hydrogen (secondary N) is 1. The van der Waals surface area contributed by atoms with Crippen LogP contribution in [0.5, 0.6) is 0 Å². The number of anilines is 2. The van der Waals surface area contributed by atoms with E-state index in [-0.39, 0.29) is 23.9 Å². The Bertz CT molecular complexity index is 549. The molecule has 108 valence electrons. The van der Waals surface area contributed by atoms with Crippen LogP contribution in [0, 0.1) is 11.6 Å². The molecule has 0 aliphatic carbocycles. The third kappa shape index (κ3) is 4.62. The van der Waals surface area contributed by atoms with Crippen LogP contribution in [0.2, 0.25) is 0 Å². The Labute approximate surface area is 111 Å². The fourth-order valence-electron chi connectivity index (χ4n) is 1.42. The quantitative estimate of drug-likeness (QED) is 0.856. The van der Waals surface area contributed by atoms with Gasteiger partial charge >= 0.3 is 0 Å². The van der Waals surface area contributed by atoms with Crippen LogP contribution in [-0.4, -0.2) is 45.5 Å². The van der Waals surface area contributed by atoms with E-state index in [1.165, 1.54) is 11.9 Å². The maximum Gasteiger partial charge on any atom is 0.168 e. The van der Waals surface area contributed by atoms with Crippen molar-refractivity contribution >= 4 is 21.5 Å². The van der Waals surface area contributed by atoms with Crippen molar-refractivity contribution in [2.75, 3.05) is 42.4 Å². The summed E-state index contributed by atoms with van der Waals surface area (Å²) in [6.07, 6.45) is 1.10. The van der Waals surface area contributed by atoms with Crippen molar-refractivity contribution in [1.29, 1.82) is 0 Å². The largest absolute Gasteiger partial charge is 0.368 e. The molecule has 0 unspecified atom stereocenters. The first-order valence-corrected chi connectivity index (χ1v) is 7.79. The van der Waals surface area contributed by atoms with E-state index in [1.54, 1.807) is 6.92 Å². The normalized spacial score (nSPS) is 11.4. The van der Waals surface area contributed by atoms with Crippen molar-refractivity contribution in [2.24, 2.45) is 0 Å². The van der Waals surface area contributed by atoms with E-state index >= 15 is 0 Å². The van der Waals surface area contributed by atoms with Crippen molar-refractivity contribution in [3.05, 3.63) is 17.7 Å². The van der Waals surface area contributed by atoms with E-state index in [1.807, 2.05) is 0 Å². The van der Waals surface area contributed by atoms with Crippen LogP contribution in [0.1, 0.15) is 6.92 Å². The number of rotatable bonds is 6. The zero-order valence-corrected chi connectivity index (χ0v) is 11.9. The molecule has 0 aliphatic rings. The molecule has 1 rings (SSSR count). The molecule has 0 radical (unpaired) electrons. The number of hydrogen-bond donors (Lipinski definition) is 1. The van der Waals surface area contributed by atoms with Gasteiger partial charge in [-0.1, -0.05) is 0 Å². The van der Waals surface area contributed by atoms with Gasteiger partial charge in [-0.15, -0.1) is 0 Å². The molecular weight excluding hydrogens is 276 g/mol. The van der Waals surface area contributed by atoms with Crippen molar-refractivity contribution in [3.8, 4) is 0 Å². The van der Waals surface area contributed by atoms with Crippen LogP contribution in [0.25, 0.3) is 0 Å². The summed E-state index contributed by atoms with van der Waals surface area (Å²) in [5.74, 6) is -1.86. The Morgan fingerprint density at radius 2 is 2.00 bits per heavy atom. The first-order chi connectivity index (χ1) is 8.74. The average Bonchev–Trinajstić information content (AvgIpc) is 2.29. The lowest BCUT2D eigenvalue weighted by atomic mass is 10.3. The van der Waals surface area contributed by atoms with Crippen molar-refractivity contribution in [2.45, 2.75) is 6.92 Å². The van der Waals surface area contributed by atoms with Crippen LogP contribution in [0.4, 0.5) is 20.4 Å². The second-order valence-corrected chi connectivity index (χ2v) is 6.47. The van der Waals surface area contributed by atoms with E-state index in [4.69, 9.17) is 0 Å². The molecule has 1 aromatic heterocycles. The summed E-state index contributed by atoms with van der Waals surface area (Å²) < 4.78 is 49.1. The van der Waals surface area contributed by atoms with Gasteiger partial charge in [-0.2, -0.15) is 0 Å². The van der Waals surface area contributed by atoms with Gasteiger partial charge in [0.2, 0.25) is 0 Å². The van der Waals surface area contributed by atoms with Gasteiger partial charge in [0.15, 0.2) is 23.3 Å². The maximum absolute atomic E-state index is 13.6. The van der Waals surface area contributed by atoms with Gasteiger partial charge in [0.1, 0.15) is 9.84 Å². The molecule has 0 saturated heterocycles. The fraction of sp³-hybridized carbons (Fsp3) is 0.545. The number of sulfone groups is 1. The van der Waals surface area contributed by atoms with Gasteiger partial charge in [0, 0.05) is 32.5 Å². The molecule has 0 amide bonds. The summed E-state index contributed by atoms with van der Waals surface area (Å²) in [4.78, 5) is 5.18. The summed E-state index contributed by atoms with van der Waals surface area (Å²) in [5.41, 5.74) is 0. The van der Waals surface area contributed by atoms with Crippen molar-refractivity contribution < 1.29 is 17.2 Å². The molecule has 0 atom stereocenters. The molecule has 19 heavy (non-hydrogen) atoms. The minimum absolute atomic E-state index is 0.0508. The van der Waals surface area contributed by atoms with Gasteiger partial charge in [0.05, 0.1) is 5.75 Å². The van der Waals surface area contributed by atoms with Crippen LogP contribution in [0.3, 0.4) is 0 Å². The van der Waals surface area contributed by atoms with Crippen LogP contribution in [-0.2, 0) is 9.84 Å². The van der Waals surface area contributed by atoms with Gasteiger partial charge < -0.3 is 10.2 Å². The van der Waals surface area contributed by atoms with E-state index in [9.17, 15) is 17.2 Å². The average molecular weight is 293 g/mol. The van der Waals surface area contributed by atoms with Gasteiger partial charge in [0.25, 0.3) is 0 Å². The molecule has 5 nitrogen and oxygen atoms in total. The Morgan fingerprint density at radius 3 is 2.53 bits per heavy atom. The molecule has 0 fully saturated rings. The Morgan fingerprint density at radius 1 is 1.37 bits per heavy atom. The number of pyridine rings is 1. The number of nitrogens with zero attached hydrogens (tertiary/aromatic N) is 2. The Kier molecular flexibility index (Phi) is 5.04. The summed E-state index contributed by atoms with van der Waals surface area (Å²) in [6, 6.07) is 0.733. The number of halogens is 2. The van der Waals surface area contributed by atoms with E-state index in [0.29, 0.717) is 6.54 Å². The SMILES string of the molecule is CCNc1nc(N(C)CCS(C)(=O)=O)c(F)cc1F. The lowest BCUT2D eigenvalue weighted by molar-refractivity contribution is 0.572. The summed E-state index contributed by atoms with van der Waals surface area (Å²) in [5, 5.41) is 2.67. The van der Waals surface area contributed by atoms with Gasteiger partial charge in [-0.05, 0) is 6.92 Å². The van der Waals surface area contributed by atoms with Crippen LogP contribution >= 0.6 is 0 Å². The maximum atomic E-state index is 13.6. The molecule has 0 spiro atoms. The standard InChI is InChI=1S/C11H17F2N3O2S/c1-4-14-10-8(12)7-9(13)11(15-10)16(2)5-6-19(3,17)18/h7H,4-6H2,1-3H3,(H,14,15). The first-order valence-electron chi connectivity index (χ1n) is 5.73. The van der Waals surface area contributed by atoms with Crippen molar-refractivity contribution in [1.82, 2.24) is 4.98 Å². The van der Waals surface area contributed by atoms with Crippen LogP contribution in [0.15, 0.2) is 6.07 Å². The first kappa shape index (κ1) is 15.6. The highest BCUT2D eigenvalue weighted by Crippen LogP contribution is 2.21. The monoisotopic (exact) mass is 293 g/mol. The molecule has 0 bridgehead atoms. The molecule has 1 heterocycles. The van der Waals surface area contributed by atoms with Crippen molar-refractivity contribution in [3.63, 3.8) is 0 Å². The molecule has 8 heteroatoms. The molecule has 0 saturated carbocycles. The third-order valence-corrected chi connectivity index (χ3v) is 3.34.